The van der Waals surface area contributed by atoms with E-state index in [4.69, 9.17) is 0 Å². The molecular weight excluding hydrogens is 266 g/mol. The SMILES string of the molecule is CCCC1CCC(C2CCC(C(F)(F)CCC)CC2)CC1. The Morgan fingerprint density at radius 1 is 0.762 bits per heavy atom. The molecule has 2 aliphatic carbocycles. The van der Waals surface area contributed by atoms with Crippen molar-refractivity contribution in [1.82, 2.24) is 0 Å². The highest BCUT2D eigenvalue weighted by Gasteiger charge is 2.41. The van der Waals surface area contributed by atoms with E-state index in [1.54, 1.807) is 0 Å². The molecule has 0 N–H and O–H groups in total. The van der Waals surface area contributed by atoms with E-state index < -0.39 is 5.92 Å². The summed E-state index contributed by atoms with van der Waals surface area (Å²) in [5.41, 5.74) is 0. The summed E-state index contributed by atoms with van der Waals surface area (Å²) < 4.78 is 28.0. The van der Waals surface area contributed by atoms with Crippen molar-refractivity contribution >= 4 is 0 Å². The molecule has 0 bridgehead atoms. The Kier molecular flexibility index (Phi) is 6.50. The normalized spacial score (nSPS) is 34.9. The van der Waals surface area contributed by atoms with Gasteiger partial charge in [0.05, 0.1) is 0 Å². The molecule has 0 aromatic rings. The van der Waals surface area contributed by atoms with Gasteiger partial charge in [-0.25, -0.2) is 8.78 Å². The van der Waals surface area contributed by atoms with E-state index in [9.17, 15) is 8.78 Å². The maximum absolute atomic E-state index is 14.0. The second-order valence-electron chi connectivity index (χ2n) is 7.69. The van der Waals surface area contributed by atoms with Crippen LogP contribution in [0.5, 0.6) is 0 Å². The fourth-order valence-electron chi connectivity index (χ4n) is 4.91. The van der Waals surface area contributed by atoms with Gasteiger partial charge in [-0.3, -0.25) is 0 Å². The minimum absolute atomic E-state index is 0.0878. The molecule has 2 rings (SSSR count). The Hall–Kier alpha value is -0.140. The van der Waals surface area contributed by atoms with Gasteiger partial charge in [0.2, 0.25) is 0 Å². The van der Waals surface area contributed by atoms with E-state index in [1.165, 1.54) is 38.5 Å². The van der Waals surface area contributed by atoms with Crippen molar-refractivity contribution in [3.05, 3.63) is 0 Å². The summed E-state index contributed by atoms with van der Waals surface area (Å²) in [5.74, 6) is -0.180. The molecule has 0 saturated heterocycles. The first-order valence-electron chi connectivity index (χ1n) is 9.44. The standard InChI is InChI=1S/C19H34F2/c1-3-5-15-6-8-16(9-7-15)17-10-12-18(13-11-17)19(20,21)14-4-2/h15-18H,3-14H2,1-2H3. The summed E-state index contributed by atoms with van der Waals surface area (Å²) in [5, 5.41) is 0. The lowest BCUT2D eigenvalue weighted by Gasteiger charge is -2.39. The second-order valence-corrected chi connectivity index (χ2v) is 7.69. The Morgan fingerprint density at radius 3 is 1.76 bits per heavy atom. The molecule has 2 saturated carbocycles. The van der Waals surface area contributed by atoms with Crippen LogP contribution in [0.15, 0.2) is 0 Å². The van der Waals surface area contributed by atoms with Gasteiger partial charge in [0.25, 0.3) is 5.92 Å². The quantitative estimate of drug-likeness (QED) is 0.504. The van der Waals surface area contributed by atoms with Gasteiger partial charge >= 0.3 is 0 Å². The molecule has 0 nitrogen and oxygen atoms in total. The molecule has 0 atom stereocenters. The zero-order valence-electron chi connectivity index (χ0n) is 14.1. The first-order chi connectivity index (χ1) is 10.1. The van der Waals surface area contributed by atoms with E-state index in [1.807, 2.05) is 6.92 Å². The molecule has 0 heterocycles. The third-order valence-corrected chi connectivity index (χ3v) is 6.21. The van der Waals surface area contributed by atoms with Gasteiger partial charge in [0.1, 0.15) is 0 Å². The number of hydrogen-bond acceptors (Lipinski definition) is 0. The average Bonchev–Trinajstić information content (AvgIpc) is 2.48. The van der Waals surface area contributed by atoms with Crippen molar-refractivity contribution in [3.8, 4) is 0 Å². The van der Waals surface area contributed by atoms with Gasteiger partial charge in [-0.05, 0) is 56.3 Å². The minimum atomic E-state index is -2.40. The van der Waals surface area contributed by atoms with E-state index >= 15 is 0 Å². The van der Waals surface area contributed by atoms with Gasteiger partial charge in [0.15, 0.2) is 0 Å². The van der Waals surface area contributed by atoms with Gasteiger partial charge in [0, 0.05) is 12.3 Å². The lowest BCUT2D eigenvalue weighted by Crippen LogP contribution is -2.34. The highest BCUT2D eigenvalue weighted by molar-refractivity contribution is 4.86. The first kappa shape index (κ1) is 17.2. The van der Waals surface area contributed by atoms with Crippen LogP contribution in [0.25, 0.3) is 0 Å². The lowest BCUT2D eigenvalue weighted by atomic mass is 9.68. The van der Waals surface area contributed by atoms with Crippen molar-refractivity contribution in [3.63, 3.8) is 0 Å². The van der Waals surface area contributed by atoms with Crippen molar-refractivity contribution in [2.24, 2.45) is 23.7 Å². The van der Waals surface area contributed by atoms with E-state index in [0.717, 1.165) is 43.4 Å². The Bertz CT molecular complexity index is 284. The number of halogens is 2. The molecule has 0 aromatic carbocycles. The third kappa shape index (κ3) is 4.66. The number of alkyl halides is 2. The van der Waals surface area contributed by atoms with Crippen LogP contribution in [-0.2, 0) is 0 Å². The Balaban J connectivity index is 1.74. The summed E-state index contributed by atoms with van der Waals surface area (Å²) in [6.07, 6.45) is 12.6. The minimum Gasteiger partial charge on any atom is -0.207 e. The Labute approximate surface area is 130 Å². The van der Waals surface area contributed by atoms with Crippen LogP contribution in [-0.4, -0.2) is 5.92 Å². The predicted octanol–water partition coefficient (Wildman–Crippen LogP) is 6.83. The summed E-state index contributed by atoms with van der Waals surface area (Å²) in [6, 6.07) is 0. The van der Waals surface area contributed by atoms with Crippen LogP contribution >= 0.6 is 0 Å². The molecular formula is C19H34F2. The summed E-state index contributed by atoms with van der Waals surface area (Å²) in [7, 11) is 0. The lowest BCUT2D eigenvalue weighted by molar-refractivity contribution is -0.0849. The maximum Gasteiger partial charge on any atom is 0.250 e. The van der Waals surface area contributed by atoms with E-state index in [-0.39, 0.29) is 12.3 Å². The average molecular weight is 300 g/mol. The van der Waals surface area contributed by atoms with Crippen molar-refractivity contribution in [1.29, 1.82) is 0 Å². The van der Waals surface area contributed by atoms with E-state index in [0.29, 0.717) is 6.42 Å². The van der Waals surface area contributed by atoms with Crippen LogP contribution in [0.4, 0.5) is 8.78 Å². The summed E-state index contributed by atoms with van der Waals surface area (Å²) in [6.45, 7) is 4.15. The molecule has 0 unspecified atom stereocenters. The first-order valence-corrected chi connectivity index (χ1v) is 9.44. The van der Waals surface area contributed by atoms with Gasteiger partial charge < -0.3 is 0 Å². The van der Waals surface area contributed by atoms with Crippen molar-refractivity contribution in [2.75, 3.05) is 0 Å². The molecule has 0 spiro atoms. The molecule has 0 radical (unpaired) electrons. The molecule has 21 heavy (non-hydrogen) atoms. The van der Waals surface area contributed by atoms with Crippen LogP contribution in [0.3, 0.4) is 0 Å². The molecule has 0 amide bonds. The van der Waals surface area contributed by atoms with Crippen LogP contribution < -0.4 is 0 Å². The van der Waals surface area contributed by atoms with Crippen LogP contribution in [0.1, 0.15) is 90.9 Å². The second kappa shape index (κ2) is 7.92. The molecule has 2 fully saturated rings. The number of rotatable bonds is 6. The monoisotopic (exact) mass is 300 g/mol. The molecule has 0 aliphatic heterocycles. The largest absolute Gasteiger partial charge is 0.250 e. The topological polar surface area (TPSA) is 0 Å². The van der Waals surface area contributed by atoms with Gasteiger partial charge in [-0.1, -0.05) is 46.0 Å². The smallest absolute Gasteiger partial charge is 0.207 e. The maximum atomic E-state index is 14.0. The van der Waals surface area contributed by atoms with Gasteiger partial charge in [-0.2, -0.15) is 0 Å². The molecule has 0 aromatic heterocycles. The predicted molar refractivity (Wildman–Crippen MR) is 85.7 cm³/mol. The fourth-order valence-corrected chi connectivity index (χ4v) is 4.91. The van der Waals surface area contributed by atoms with Crippen LogP contribution in [0, 0.1) is 23.7 Å². The Morgan fingerprint density at radius 2 is 1.29 bits per heavy atom. The zero-order chi connectivity index (χ0) is 15.3. The summed E-state index contributed by atoms with van der Waals surface area (Å²) in [4.78, 5) is 0. The van der Waals surface area contributed by atoms with Crippen molar-refractivity contribution < 1.29 is 8.78 Å². The fraction of sp³-hybridized carbons (Fsp3) is 1.00. The highest BCUT2D eigenvalue weighted by atomic mass is 19.3. The third-order valence-electron chi connectivity index (χ3n) is 6.21. The van der Waals surface area contributed by atoms with E-state index in [2.05, 4.69) is 6.92 Å². The van der Waals surface area contributed by atoms with Gasteiger partial charge in [-0.15, -0.1) is 0 Å². The van der Waals surface area contributed by atoms with Crippen molar-refractivity contribution in [2.45, 2.75) is 96.8 Å². The molecule has 124 valence electrons. The highest BCUT2D eigenvalue weighted by Crippen LogP contribution is 2.46. The zero-order valence-corrected chi connectivity index (χ0v) is 14.1. The number of hydrogen-bond donors (Lipinski definition) is 0. The molecule has 2 aliphatic rings. The van der Waals surface area contributed by atoms with Crippen LogP contribution in [0.2, 0.25) is 0 Å². The molecule has 2 heteroatoms. The summed E-state index contributed by atoms with van der Waals surface area (Å²) >= 11 is 0.